The van der Waals surface area contributed by atoms with E-state index in [2.05, 4.69) is 0 Å². The Bertz CT molecular complexity index is 592. The number of aliphatic hydroxyl groups excluding tert-OH is 1. The van der Waals surface area contributed by atoms with E-state index in [0.717, 1.165) is 11.1 Å². The molecular formula is C21H26O5. The van der Waals surface area contributed by atoms with Crippen LogP contribution in [0.5, 0.6) is 0 Å². The van der Waals surface area contributed by atoms with Crippen molar-refractivity contribution in [2.45, 2.75) is 50.8 Å². The lowest BCUT2D eigenvalue weighted by Gasteiger charge is -2.43. The zero-order valence-electron chi connectivity index (χ0n) is 15.2. The van der Waals surface area contributed by atoms with Gasteiger partial charge in [0.2, 0.25) is 0 Å². The molecule has 0 amide bonds. The average Bonchev–Trinajstić information content (AvgIpc) is 2.67. The van der Waals surface area contributed by atoms with Crippen LogP contribution in [0.4, 0.5) is 0 Å². The lowest BCUT2D eigenvalue weighted by atomic mass is 9.99. The van der Waals surface area contributed by atoms with Crippen molar-refractivity contribution in [2.24, 2.45) is 0 Å². The van der Waals surface area contributed by atoms with Crippen molar-refractivity contribution in [1.29, 1.82) is 0 Å². The van der Waals surface area contributed by atoms with Gasteiger partial charge in [-0.1, -0.05) is 60.7 Å². The molecule has 2 aromatic rings. The largest absolute Gasteiger partial charge is 0.376 e. The first-order valence-corrected chi connectivity index (χ1v) is 8.86. The van der Waals surface area contributed by atoms with Gasteiger partial charge in [-0.05, 0) is 18.1 Å². The third-order valence-electron chi connectivity index (χ3n) is 4.59. The number of hydrogen-bond acceptors (Lipinski definition) is 5. The van der Waals surface area contributed by atoms with Crippen molar-refractivity contribution in [3.8, 4) is 0 Å². The molecule has 1 saturated heterocycles. The van der Waals surface area contributed by atoms with Crippen LogP contribution in [-0.4, -0.2) is 42.9 Å². The van der Waals surface area contributed by atoms with E-state index < -0.39 is 18.5 Å². The topological polar surface area (TPSA) is 57.2 Å². The fourth-order valence-electron chi connectivity index (χ4n) is 3.20. The Labute approximate surface area is 154 Å². The molecule has 140 valence electrons. The number of ether oxygens (including phenoxy) is 4. The summed E-state index contributed by atoms with van der Waals surface area (Å²) in [6.07, 6.45) is -2.77. The Morgan fingerprint density at radius 1 is 0.808 bits per heavy atom. The maximum atomic E-state index is 10.3. The number of hydrogen-bond donors (Lipinski definition) is 1. The fraction of sp³-hybridized carbons (Fsp3) is 0.429. The summed E-state index contributed by atoms with van der Waals surface area (Å²) >= 11 is 0. The Kier molecular flexibility index (Phi) is 6.77. The Balaban J connectivity index is 1.66. The molecule has 0 spiro atoms. The fourth-order valence-corrected chi connectivity index (χ4v) is 3.20. The van der Waals surface area contributed by atoms with Gasteiger partial charge in [0.25, 0.3) is 0 Å². The molecule has 5 nitrogen and oxygen atoms in total. The van der Waals surface area contributed by atoms with E-state index in [-0.39, 0.29) is 12.2 Å². The SMILES string of the molecule is CO[C@@H]1[C@H](OCc2ccccc2)[C@H](C)OC(O)[C@H]1OCc1ccccc1. The Morgan fingerprint density at radius 2 is 1.31 bits per heavy atom. The first-order chi connectivity index (χ1) is 12.7. The zero-order valence-corrected chi connectivity index (χ0v) is 15.2. The summed E-state index contributed by atoms with van der Waals surface area (Å²) in [6.45, 7) is 2.68. The van der Waals surface area contributed by atoms with Crippen LogP contribution in [-0.2, 0) is 32.2 Å². The van der Waals surface area contributed by atoms with Gasteiger partial charge in [-0.3, -0.25) is 0 Å². The Morgan fingerprint density at radius 3 is 1.81 bits per heavy atom. The number of aliphatic hydroxyl groups is 1. The number of methoxy groups -OCH3 is 1. The van der Waals surface area contributed by atoms with Crippen LogP contribution in [0.3, 0.4) is 0 Å². The van der Waals surface area contributed by atoms with Gasteiger partial charge in [-0.2, -0.15) is 0 Å². The van der Waals surface area contributed by atoms with Crippen molar-refractivity contribution in [3.63, 3.8) is 0 Å². The van der Waals surface area contributed by atoms with Gasteiger partial charge in [-0.15, -0.1) is 0 Å². The molecule has 1 heterocycles. The molecule has 0 saturated carbocycles. The second-order valence-electron chi connectivity index (χ2n) is 6.45. The highest BCUT2D eigenvalue weighted by Crippen LogP contribution is 2.28. The quantitative estimate of drug-likeness (QED) is 0.825. The minimum Gasteiger partial charge on any atom is -0.376 e. The molecule has 26 heavy (non-hydrogen) atoms. The standard InChI is InChI=1S/C21H26O5/c1-15-18(24-13-16-9-5-3-6-10-16)19(23-2)20(21(22)26-15)25-14-17-11-7-4-8-12-17/h3-12,15,18-22H,13-14H2,1-2H3/t15-,18+,19+,20-,21?/m0/s1. The number of benzene rings is 2. The first-order valence-electron chi connectivity index (χ1n) is 8.86. The average molecular weight is 358 g/mol. The van der Waals surface area contributed by atoms with E-state index in [1.807, 2.05) is 67.6 Å². The molecular weight excluding hydrogens is 332 g/mol. The van der Waals surface area contributed by atoms with Crippen molar-refractivity contribution in [3.05, 3.63) is 71.8 Å². The molecule has 3 rings (SSSR count). The van der Waals surface area contributed by atoms with E-state index >= 15 is 0 Å². The molecule has 0 aromatic heterocycles. The molecule has 1 unspecified atom stereocenters. The van der Waals surface area contributed by atoms with E-state index in [4.69, 9.17) is 18.9 Å². The van der Waals surface area contributed by atoms with Gasteiger partial charge < -0.3 is 24.1 Å². The monoisotopic (exact) mass is 358 g/mol. The summed E-state index contributed by atoms with van der Waals surface area (Å²) in [7, 11) is 1.60. The van der Waals surface area contributed by atoms with Crippen LogP contribution >= 0.6 is 0 Å². The lowest BCUT2D eigenvalue weighted by Crippen LogP contribution is -2.59. The predicted molar refractivity (Wildman–Crippen MR) is 97.4 cm³/mol. The third kappa shape index (κ3) is 4.69. The highest BCUT2D eigenvalue weighted by Gasteiger charge is 2.45. The molecule has 0 aliphatic carbocycles. The zero-order chi connectivity index (χ0) is 18.4. The van der Waals surface area contributed by atoms with Crippen molar-refractivity contribution in [2.75, 3.05) is 7.11 Å². The van der Waals surface area contributed by atoms with E-state index in [0.29, 0.717) is 13.2 Å². The van der Waals surface area contributed by atoms with E-state index in [1.54, 1.807) is 7.11 Å². The van der Waals surface area contributed by atoms with Crippen molar-refractivity contribution < 1.29 is 24.1 Å². The van der Waals surface area contributed by atoms with Crippen LogP contribution in [0.1, 0.15) is 18.1 Å². The van der Waals surface area contributed by atoms with Gasteiger partial charge in [0.05, 0.1) is 19.3 Å². The summed E-state index contributed by atoms with van der Waals surface area (Å²) in [5, 5.41) is 10.3. The van der Waals surface area contributed by atoms with Crippen molar-refractivity contribution >= 4 is 0 Å². The summed E-state index contributed by atoms with van der Waals surface area (Å²) in [5.74, 6) is 0. The molecule has 2 aromatic carbocycles. The van der Waals surface area contributed by atoms with Crippen LogP contribution in [0.2, 0.25) is 0 Å². The second-order valence-corrected chi connectivity index (χ2v) is 6.45. The first kappa shape index (κ1) is 19.0. The van der Waals surface area contributed by atoms with Crippen LogP contribution in [0, 0.1) is 0 Å². The molecule has 1 N–H and O–H groups in total. The molecule has 1 aliphatic heterocycles. The molecule has 5 atom stereocenters. The molecule has 0 bridgehead atoms. The smallest absolute Gasteiger partial charge is 0.184 e. The minimum absolute atomic E-state index is 0.310. The highest BCUT2D eigenvalue weighted by atomic mass is 16.7. The highest BCUT2D eigenvalue weighted by molar-refractivity contribution is 5.14. The van der Waals surface area contributed by atoms with E-state index in [9.17, 15) is 5.11 Å². The lowest BCUT2D eigenvalue weighted by molar-refractivity contribution is -0.303. The summed E-state index contributed by atoms with van der Waals surface area (Å²) in [4.78, 5) is 0. The van der Waals surface area contributed by atoms with Crippen LogP contribution in [0.15, 0.2) is 60.7 Å². The summed E-state index contributed by atoms with van der Waals surface area (Å²) in [5.41, 5.74) is 2.09. The third-order valence-corrected chi connectivity index (χ3v) is 4.59. The van der Waals surface area contributed by atoms with Crippen LogP contribution in [0.25, 0.3) is 0 Å². The maximum Gasteiger partial charge on any atom is 0.184 e. The van der Waals surface area contributed by atoms with E-state index in [1.165, 1.54) is 0 Å². The van der Waals surface area contributed by atoms with Gasteiger partial charge in [-0.25, -0.2) is 0 Å². The van der Waals surface area contributed by atoms with Crippen LogP contribution < -0.4 is 0 Å². The van der Waals surface area contributed by atoms with Gasteiger partial charge in [0.15, 0.2) is 6.29 Å². The summed E-state index contributed by atoms with van der Waals surface area (Å²) in [6, 6.07) is 19.7. The second kappa shape index (κ2) is 9.26. The minimum atomic E-state index is -1.06. The van der Waals surface area contributed by atoms with Gasteiger partial charge in [0, 0.05) is 7.11 Å². The Hall–Kier alpha value is -1.76. The summed E-state index contributed by atoms with van der Waals surface area (Å²) < 4.78 is 23.3. The molecule has 5 heteroatoms. The normalized spacial score (nSPS) is 28.8. The van der Waals surface area contributed by atoms with Crippen molar-refractivity contribution in [1.82, 2.24) is 0 Å². The molecule has 1 fully saturated rings. The van der Waals surface area contributed by atoms with Gasteiger partial charge in [0.1, 0.15) is 18.3 Å². The van der Waals surface area contributed by atoms with Gasteiger partial charge >= 0.3 is 0 Å². The maximum absolute atomic E-state index is 10.3. The predicted octanol–water partition coefficient (Wildman–Crippen LogP) is 2.91. The molecule has 1 aliphatic rings. The molecule has 0 radical (unpaired) electrons. The number of rotatable bonds is 7.